The lowest BCUT2D eigenvalue weighted by Gasteiger charge is -2.21. The zero-order chi connectivity index (χ0) is 18.3. The Morgan fingerprint density at radius 1 is 1.20 bits per heavy atom. The molecule has 2 aromatic rings. The van der Waals surface area contributed by atoms with Gasteiger partial charge >= 0.3 is 6.18 Å². The largest absolute Gasteiger partial charge is 0.492 e. The molecule has 0 fully saturated rings. The SMILES string of the molecule is NCCOc1ccc(CC(=O)NC(c2ccccn2)C(F)(F)F)cc1. The van der Waals surface area contributed by atoms with Gasteiger partial charge < -0.3 is 15.8 Å². The molecule has 3 N–H and O–H groups in total. The number of ether oxygens (including phenoxy) is 1. The molecule has 8 heteroatoms. The van der Waals surface area contributed by atoms with Crippen LogP contribution in [0.3, 0.4) is 0 Å². The number of nitrogens with zero attached hydrogens (tertiary/aromatic N) is 1. The van der Waals surface area contributed by atoms with Crippen molar-refractivity contribution in [1.29, 1.82) is 0 Å². The third kappa shape index (κ3) is 5.75. The van der Waals surface area contributed by atoms with Crippen molar-refractivity contribution >= 4 is 5.91 Å². The fourth-order valence-electron chi connectivity index (χ4n) is 2.15. The van der Waals surface area contributed by atoms with Gasteiger partial charge in [-0.1, -0.05) is 18.2 Å². The van der Waals surface area contributed by atoms with Crippen LogP contribution in [0.15, 0.2) is 48.7 Å². The van der Waals surface area contributed by atoms with Gasteiger partial charge in [0.1, 0.15) is 12.4 Å². The number of nitrogens with two attached hydrogens (primary N) is 1. The topological polar surface area (TPSA) is 77.2 Å². The molecule has 1 amide bonds. The van der Waals surface area contributed by atoms with Gasteiger partial charge in [0, 0.05) is 12.7 Å². The van der Waals surface area contributed by atoms with E-state index in [1.807, 2.05) is 5.32 Å². The fraction of sp³-hybridized carbons (Fsp3) is 0.294. The smallest absolute Gasteiger partial charge is 0.414 e. The highest BCUT2D eigenvalue weighted by Crippen LogP contribution is 2.31. The summed E-state index contributed by atoms with van der Waals surface area (Å²) in [7, 11) is 0. The first-order valence-electron chi connectivity index (χ1n) is 7.59. The van der Waals surface area contributed by atoms with Crippen LogP contribution in [0.5, 0.6) is 5.75 Å². The number of halogens is 3. The Balaban J connectivity index is 2.02. The highest BCUT2D eigenvalue weighted by molar-refractivity contribution is 5.79. The maximum absolute atomic E-state index is 13.2. The van der Waals surface area contributed by atoms with Crippen molar-refractivity contribution in [3.05, 3.63) is 59.9 Å². The maximum atomic E-state index is 13.2. The van der Waals surface area contributed by atoms with Crippen molar-refractivity contribution in [2.45, 2.75) is 18.6 Å². The molecule has 0 saturated carbocycles. The average Bonchev–Trinajstić information content (AvgIpc) is 2.59. The Hall–Kier alpha value is -2.61. The minimum Gasteiger partial charge on any atom is -0.492 e. The van der Waals surface area contributed by atoms with E-state index in [-0.39, 0.29) is 12.1 Å². The number of rotatable bonds is 7. The van der Waals surface area contributed by atoms with Gasteiger partial charge in [0.05, 0.1) is 12.1 Å². The van der Waals surface area contributed by atoms with E-state index >= 15 is 0 Å². The third-order valence-corrected chi connectivity index (χ3v) is 3.29. The highest BCUT2D eigenvalue weighted by atomic mass is 19.4. The summed E-state index contributed by atoms with van der Waals surface area (Å²) >= 11 is 0. The van der Waals surface area contributed by atoms with Crippen molar-refractivity contribution in [1.82, 2.24) is 10.3 Å². The number of hydrogen-bond acceptors (Lipinski definition) is 4. The number of carbonyl (C=O) groups is 1. The second-order valence-electron chi connectivity index (χ2n) is 5.25. The van der Waals surface area contributed by atoms with Gasteiger partial charge in [-0.15, -0.1) is 0 Å². The second kappa shape index (κ2) is 8.48. The Morgan fingerprint density at radius 2 is 1.92 bits per heavy atom. The molecule has 0 aliphatic heterocycles. The number of hydrogen-bond donors (Lipinski definition) is 2. The lowest BCUT2D eigenvalue weighted by atomic mass is 10.1. The highest BCUT2D eigenvalue weighted by Gasteiger charge is 2.42. The molecule has 0 spiro atoms. The quantitative estimate of drug-likeness (QED) is 0.801. The van der Waals surface area contributed by atoms with Crippen LogP contribution in [0.25, 0.3) is 0 Å². The van der Waals surface area contributed by atoms with Gasteiger partial charge in [-0.2, -0.15) is 13.2 Å². The Morgan fingerprint density at radius 3 is 2.48 bits per heavy atom. The standard InChI is InChI=1S/C17H18F3N3O2/c18-17(19,20)16(14-3-1-2-9-22-14)23-15(24)11-12-4-6-13(7-5-12)25-10-8-21/h1-7,9,16H,8,10-11,21H2,(H,23,24). The molecule has 0 radical (unpaired) electrons. The lowest BCUT2D eigenvalue weighted by molar-refractivity contribution is -0.164. The van der Waals surface area contributed by atoms with Crippen LogP contribution < -0.4 is 15.8 Å². The molecular formula is C17H18F3N3O2. The molecule has 0 bridgehead atoms. The number of alkyl halides is 3. The van der Waals surface area contributed by atoms with Crippen molar-refractivity contribution in [2.24, 2.45) is 5.73 Å². The average molecular weight is 353 g/mol. The summed E-state index contributed by atoms with van der Waals surface area (Å²) in [4.78, 5) is 15.7. The van der Waals surface area contributed by atoms with Crippen molar-refractivity contribution in [3.63, 3.8) is 0 Å². The van der Waals surface area contributed by atoms with Gasteiger partial charge in [0.15, 0.2) is 6.04 Å². The summed E-state index contributed by atoms with van der Waals surface area (Å²) in [5.41, 5.74) is 5.64. The summed E-state index contributed by atoms with van der Waals surface area (Å²) in [6.07, 6.45) is -3.57. The van der Waals surface area contributed by atoms with E-state index in [9.17, 15) is 18.0 Å². The van der Waals surface area contributed by atoms with E-state index in [1.54, 1.807) is 24.3 Å². The summed E-state index contributed by atoms with van der Waals surface area (Å²) in [5, 5.41) is 2.00. The third-order valence-electron chi connectivity index (χ3n) is 3.29. The molecule has 2 rings (SSSR count). The van der Waals surface area contributed by atoms with Gasteiger partial charge in [-0.05, 0) is 29.8 Å². The Kier molecular flexibility index (Phi) is 6.35. The van der Waals surface area contributed by atoms with Crippen molar-refractivity contribution in [3.8, 4) is 5.75 Å². The summed E-state index contributed by atoms with van der Waals surface area (Å²) in [6.45, 7) is 0.730. The molecule has 1 unspecified atom stereocenters. The molecule has 1 atom stereocenters. The normalized spacial score (nSPS) is 12.5. The molecule has 134 valence electrons. The lowest BCUT2D eigenvalue weighted by Crippen LogP contribution is -2.39. The molecular weight excluding hydrogens is 335 g/mol. The van der Waals surface area contributed by atoms with E-state index in [4.69, 9.17) is 10.5 Å². The van der Waals surface area contributed by atoms with Crippen LogP contribution in [-0.4, -0.2) is 30.2 Å². The van der Waals surface area contributed by atoms with Gasteiger partial charge in [-0.3, -0.25) is 9.78 Å². The van der Waals surface area contributed by atoms with Crippen LogP contribution in [-0.2, 0) is 11.2 Å². The number of pyridine rings is 1. The van der Waals surface area contributed by atoms with E-state index in [0.29, 0.717) is 24.5 Å². The first kappa shape index (κ1) is 18.7. The molecule has 0 aliphatic rings. The molecule has 0 saturated heterocycles. The first-order chi connectivity index (χ1) is 11.9. The minimum absolute atomic E-state index is 0.184. The Bertz CT molecular complexity index is 676. The molecule has 5 nitrogen and oxygen atoms in total. The Labute approximate surface area is 143 Å². The molecule has 1 heterocycles. The van der Waals surface area contributed by atoms with Crippen molar-refractivity contribution in [2.75, 3.05) is 13.2 Å². The van der Waals surface area contributed by atoms with Crippen LogP contribution in [0.2, 0.25) is 0 Å². The van der Waals surface area contributed by atoms with E-state index in [2.05, 4.69) is 4.98 Å². The molecule has 0 aliphatic carbocycles. The monoisotopic (exact) mass is 353 g/mol. The number of nitrogens with one attached hydrogen (secondary N) is 1. The second-order valence-corrected chi connectivity index (χ2v) is 5.25. The maximum Gasteiger partial charge on any atom is 0.414 e. The number of carbonyl (C=O) groups excluding carboxylic acids is 1. The number of amides is 1. The van der Waals surface area contributed by atoms with E-state index in [0.717, 1.165) is 0 Å². The zero-order valence-electron chi connectivity index (χ0n) is 13.3. The molecule has 1 aromatic heterocycles. The summed E-state index contributed by atoms with van der Waals surface area (Å²) in [5.74, 6) is -0.167. The number of benzene rings is 1. The van der Waals surface area contributed by atoms with Gasteiger partial charge in [0.2, 0.25) is 5.91 Å². The van der Waals surface area contributed by atoms with E-state index < -0.39 is 18.1 Å². The minimum atomic E-state index is -4.63. The zero-order valence-corrected chi connectivity index (χ0v) is 13.3. The number of aromatic nitrogens is 1. The van der Waals surface area contributed by atoms with Gasteiger partial charge in [0.25, 0.3) is 0 Å². The van der Waals surface area contributed by atoms with Crippen LogP contribution >= 0.6 is 0 Å². The van der Waals surface area contributed by atoms with Crippen molar-refractivity contribution < 1.29 is 22.7 Å². The molecule has 25 heavy (non-hydrogen) atoms. The fourth-order valence-corrected chi connectivity index (χ4v) is 2.15. The molecule has 1 aromatic carbocycles. The predicted molar refractivity (Wildman–Crippen MR) is 85.9 cm³/mol. The summed E-state index contributed by atoms with van der Waals surface area (Å²) in [6, 6.07) is 8.54. The first-order valence-corrected chi connectivity index (χ1v) is 7.59. The summed E-state index contributed by atoms with van der Waals surface area (Å²) < 4.78 is 44.9. The van der Waals surface area contributed by atoms with Crippen LogP contribution in [0, 0.1) is 0 Å². The predicted octanol–water partition coefficient (Wildman–Crippen LogP) is 2.38. The van der Waals surface area contributed by atoms with Gasteiger partial charge in [-0.25, -0.2) is 0 Å². The van der Waals surface area contributed by atoms with E-state index in [1.165, 1.54) is 24.4 Å². The van der Waals surface area contributed by atoms with Crippen LogP contribution in [0.1, 0.15) is 17.3 Å². The van der Waals surface area contributed by atoms with Crippen LogP contribution in [0.4, 0.5) is 13.2 Å².